The molecular weight excluding hydrogens is 370 g/mol. The van der Waals surface area contributed by atoms with Gasteiger partial charge in [0.25, 0.3) is 0 Å². The zero-order valence-electron chi connectivity index (χ0n) is 16.6. The summed E-state index contributed by atoms with van der Waals surface area (Å²) in [6, 6.07) is 14.3. The summed E-state index contributed by atoms with van der Waals surface area (Å²) in [5, 5.41) is 4.36. The number of nitrogens with zero attached hydrogens (tertiary/aromatic N) is 2. The van der Waals surface area contributed by atoms with Crippen molar-refractivity contribution in [3.63, 3.8) is 0 Å². The highest BCUT2D eigenvalue weighted by Gasteiger charge is 2.37. The Kier molecular flexibility index (Phi) is 5.79. The lowest BCUT2D eigenvalue weighted by Gasteiger charge is -2.36. The number of aromatic nitrogens is 2. The van der Waals surface area contributed by atoms with Gasteiger partial charge in [-0.3, -0.25) is 0 Å². The minimum absolute atomic E-state index is 0.204. The average Bonchev–Trinajstić information content (AvgIpc) is 3.09. The molecule has 0 saturated heterocycles. The van der Waals surface area contributed by atoms with Crippen LogP contribution in [0.1, 0.15) is 26.3 Å². The SMILES string of the molecule is CC(C)(C)[Si](C)(C)OCc1ccnc(Nc2ncc(-c3ccccc3)s2)c1. The maximum atomic E-state index is 6.32. The minimum Gasteiger partial charge on any atom is -0.413 e. The van der Waals surface area contributed by atoms with E-state index in [4.69, 9.17) is 4.43 Å². The summed E-state index contributed by atoms with van der Waals surface area (Å²) in [6.45, 7) is 11.9. The van der Waals surface area contributed by atoms with E-state index < -0.39 is 8.32 Å². The summed E-state index contributed by atoms with van der Waals surface area (Å²) in [5.41, 5.74) is 2.30. The molecule has 0 amide bonds. The normalized spacial score (nSPS) is 12.2. The number of rotatable bonds is 6. The van der Waals surface area contributed by atoms with Crippen LogP contribution in [0.25, 0.3) is 10.4 Å². The molecular formula is C21H27N3OSSi. The van der Waals surface area contributed by atoms with E-state index in [1.54, 1.807) is 11.3 Å². The first-order valence-corrected chi connectivity index (χ1v) is 12.8. The summed E-state index contributed by atoms with van der Waals surface area (Å²) in [5.74, 6) is 0.792. The predicted molar refractivity (Wildman–Crippen MR) is 117 cm³/mol. The van der Waals surface area contributed by atoms with Crippen molar-refractivity contribution in [2.75, 3.05) is 5.32 Å². The van der Waals surface area contributed by atoms with Gasteiger partial charge in [0.1, 0.15) is 5.82 Å². The van der Waals surface area contributed by atoms with E-state index in [1.165, 1.54) is 5.56 Å². The van der Waals surface area contributed by atoms with Crippen molar-refractivity contribution in [3.8, 4) is 10.4 Å². The maximum absolute atomic E-state index is 6.32. The molecule has 0 bridgehead atoms. The van der Waals surface area contributed by atoms with Gasteiger partial charge >= 0.3 is 0 Å². The molecule has 0 spiro atoms. The van der Waals surface area contributed by atoms with E-state index in [0.717, 1.165) is 21.4 Å². The first-order chi connectivity index (χ1) is 12.7. The quantitative estimate of drug-likeness (QED) is 0.484. The van der Waals surface area contributed by atoms with E-state index in [-0.39, 0.29) is 5.04 Å². The number of anilines is 2. The molecule has 0 saturated carbocycles. The van der Waals surface area contributed by atoms with Crippen LogP contribution in [0.4, 0.5) is 10.9 Å². The van der Waals surface area contributed by atoms with Crippen molar-refractivity contribution in [1.29, 1.82) is 0 Å². The second-order valence-corrected chi connectivity index (χ2v) is 14.0. The number of hydrogen-bond acceptors (Lipinski definition) is 5. The third-order valence-corrected chi connectivity index (χ3v) is 10.5. The molecule has 3 rings (SSSR count). The number of hydrogen-bond donors (Lipinski definition) is 1. The average molecular weight is 398 g/mol. The van der Waals surface area contributed by atoms with Gasteiger partial charge in [0, 0.05) is 12.4 Å². The zero-order valence-corrected chi connectivity index (χ0v) is 18.4. The third kappa shape index (κ3) is 5.03. The molecule has 0 fully saturated rings. The Bertz CT molecular complexity index is 888. The van der Waals surface area contributed by atoms with E-state index in [9.17, 15) is 0 Å². The maximum Gasteiger partial charge on any atom is 0.192 e. The Balaban J connectivity index is 1.67. The molecule has 3 aromatic rings. The van der Waals surface area contributed by atoms with Gasteiger partial charge in [0.2, 0.25) is 0 Å². The van der Waals surface area contributed by atoms with E-state index >= 15 is 0 Å². The highest BCUT2D eigenvalue weighted by molar-refractivity contribution is 7.18. The molecule has 0 unspecified atom stereocenters. The molecule has 142 valence electrons. The van der Waals surface area contributed by atoms with Gasteiger partial charge in [0.05, 0.1) is 11.5 Å². The summed E-state index contributed by atoms with van der Waals surface area (Å²) in [7, 11) is -1.76. The van der Waals surface area contributed by atoms with Crippen LogP contribution in [0.2, 0.25) is 18.1 Å². The van der Waals surface area contributed by atoms with Crippen molar-refractivity contribution >= 4 is 30.6 Å². The minimum atomic E-state index is -1.76. The molecule has 4 nitrogen and oxygen atoms in total. The highest BCUT2D eigenvalue weighted by Crippen LogP contribution is 2.37. The fourth-order valence-electron chi connectivity index (χ4n) is 2.29. The van der Waals surface area contributed by atoms with Crippen molar-refractivity contribution in [2.45, 2.75) is 45.5 Å². The van der Waals surface area contributed by atoms with Crippen LogP contribution >= 0.6 is 11.3 Å². The monoisotopic (exact) mass is 397 g/mol. The smallest absolute Gasteiger partial charge is 0.192 e. The largest absolute Gasteiger partial charge is 0.413 e. The fourth-order valence-corrected chi connectivity index (χ4v) is 4.08. The molecule has 2 heterocycles. The fraction of sp³-hybridized carbons (Fsp3) is 0.333. The van der Waals surface area contributed by atoms with Gasteiger partial charge in [0.15, 0.2) is 13.4 Å². The number of pyridine rings is 1. The first-order valence-electron chi connectivity index (χ1n) is 9.12. The Labute approximate surface area is 166 Å². The molecule has 1 N–H and O–H groups in total. The zero-order chi connectivity index (χ0) is 19.5. The van der Waals surface area contributed by atoms with Crippen LogP contribution in [0.15, 0.2) is 54.9 Å². The summed E-state index contributed by atoms with van der Waals surface area (Å²) in [4.78, 5) is 10.0. The van der Waals surface area contributed by atoms with Crippen LogP contribution in [0.3, 0.4) is 0 Å². The lowest BCUT2D eigenvalue weighted by atomic mass is 10.2. The topological polar surface area (TPSA) is 47.0 Å². The van der Waals surface area contributed by atoms with Gasteiger partial charge in [-0.15, -0.1) is 0 Å². The van der Waals surface area contributed by atoms with E-state index in [2.05, 4.69) is 61.3 Å². The third-order valence-electron chi connectivity index (χ3n) is 5.03. The van der Waals surface area contributed by atoms with Crippen molar-refractivity contribution in [1.82, 2.24) is 9.97 Å². The summed E-state index contributed by atoms with van der Waals surface area (Å²) in [6.07, 6.45) is 3.71. The van der Waals surface area contributed by atoms with Crippen LogP contribution in [-0.4, -0.2) is 18.3 Å². The van der Waals surface area contributed by atoms with E-state index in [0.29, 0.717) is 6.61 Å². The van der Waals surface area contributed by atoms with Crippen molar-refractivity contribution in [2.24, 2.45) is 0 Å². The molecule has 0 aliphatic carbocycles. The van der Waals surface area contributed by atoms with E-state index in [1.807, 2.05) is 42.7 Å². The second kappa shape index (κ2) is 7.92. The van der Waals surface area contributed by atoms with Gasteiger partial charge in [-0.25, -0.2) is 9.97 Å². The second-order valence-electron chi connectivity index (χ2n) is 8.12. The molecule has 0 aliphatic heterocycles. The number of thiazole rings is 1. The highest BCUT2D eigenvalue weighted by atomic mass is 32.1. The lowest BCUT2D eigenvalue weighted by Crippen LogP contribution is -2.40. The summed E-state index contributed by atoms with van der Waals surface area (Å²) < 4.78 is 6.32. The predicted octanol–water partition coefficient (Wildman–Crippen LogP) is 6.47. The van der Waals surface area contributed by atoms with Crippen LogP contribution in [0.5, 0.6) is 0 Å². The molecule has 0 radical (unpaired) electrons. The Hall–Kier alpha value is -2.02. The van der Waals surface area contributed by atoms with Crippen molar-refractivity contribution in [3.05, 3.63) is 60.4 Å². The van der Waals surface area contributed by atoms with Gasteiger partial charge < -0.3 is 9.74 Å². The Morgan fingerprint density at radius 3 is 2.52 bits per heavy atom. The molecule has 1 aromatic carbocycles. The Morgan fingerprint density at radius 1 is 1.07 bits per heavy atom. The van der Waals surface area contributed by atoms with Gasteiger partial charge in [-0.1, -0.05) is 62.4 Å². The van der Waals surface area contributed by atoms with Gasteiger partial charge in [-0.2, -0.15) is 0 Å². The Morgan fingerprint density at radius 2 is 1.81 bits per heavy atom. The number of benzene rings is 1. The molecule has 27 heavy (non-hydrogen) atoms. The first kappa shape index (κ1) is 19.7. The van der Waals surface area contributed by atoms with Crippen molar-refractivity contribution < 1.29 is 4.43 Å². The van der Waals surface area contributed by atoms with Crippen LogP contribution in [0, 0.1) is 0 Å². The van der Waals surface area contributed by atoms with Crippen LogP contribution in [-0.2, 0) is 11.0 Å². The molecule has 6 heteroatoms. The van der Waals surface area contributed by atoms with Gasteiger partial charge in [-0.05, 0) is 41.4 Å². The molecule has 0 atom stereocenters. The molecule has 2 aromatic heterocycles. The van der Waals surface area contributed by atoms with Crippen LogP contribution < -0.4 is 5.32 Å². The summed E-state index contributed by atoms with van der Waals surface area (Å²) >= 11 is 1.62. The lowest BCUT2D eigenvalue weighted by molar-refractivity contribution is 0.276. The molecule has 0 aliphatic rings. The standard InChI is InChI=1S/C21H27N3OSSi/c1-21(2,3)27(4,5)25-15-16-11-12-22-19(13-16)24-20-23-14-18(26-20)17-9-7-6-8-10-17/h6-14H,15H2,1-5H3,(H,22,23,24). The number of nitrogens with one attached hydrogen (secondary N) is 1.